The molecule has 1 aliphatic carbocycles. The summed E-state index contributed by atoms with van der Waals surface area (Å²) >= 11 is 0. The lowest BCUT2D eigenvalue weighted by atomic mass is 9.62. The van der Waals surface area contributed by atoms with Gasteiger partial charge in [-0.15, -0.1) is 0 Å². The molecule has 2 unspecified atom stereocenters. The highest BCUT2D eigenvalue weighted by Gasteiger charge is 2.44. The van der Waals surface area contributed by atoms with E-state index in [0.717, 1.165) is 24.9 Å². The number of hydrogen-bond acceptors (Lipinski definition) is 2. The lowest BCUT2D eigenvalue weighted by Crippen LogP contribution is -2.59. The molecule has 0 radical (unpaired) electrons. The van der Waals surface area contributed by atoms with Crippen molar-refractivity contribution in [2.75, 3.05) is 20.1 Å². The Bertz CT molecular complexity index is 203. The third kappa shape index (κ3) is 4.26. The van der Waals surface area contributed by atoms with E-state index < -0.39 is 0 Å². The van der Waals surface area contributed by atoms with Crippen molar-refractivity contribution in [3.05, 3.63) is 0 Å². The van der Waals surface area contributed by atoms with E-state index in [2.05, 4.69) is 31.4 Å². The van der Waals surface area contributed by atoms with E-state index in [4.69, 9.17) is 0 Å². The SMILES string of the molecule is CCCC1CCC1(CCC(C)C)NCCNC. The lowest BCUT2D eigenvalue weighted by molar-refractivity contribution is 0.0598. The summed E-state index contributed by atoms with van der Waals surface area (Å²) in [7, 11) is 2.03. The first-order valence-corrected chi connectivity index (χ1v) is 7.54. The van der Waals surface area contributed by atoms with Crippen LogP contribution < -0.4 is 10.6 Å². The molecule has 0 amide bonds. The van der Waals surface area contributed by atoms with Crippen molar-refractivity contribution in [1.82, 2.24) is 10.6 Å². The van der Waals surface area contributed by atoms with Crippen LogP contribution in [0.4, 0.5) is 0 Å². The smallest absolute Gasteiger partial charge is 0.0210 e. The fourth-order valence-corrected chi connectivity index (χ4v) is 3.10. The number of likely N-dealkylation sites (N-methyl/N-ethyl adjacent to an activating group) is 1. The van der Waals surface area contributed by atoms with Gasteiger partial charge in [0, 0.05) is 18.6 Å². The Hall–Kier alpha value is -0.0800. The van der Waals surface area contributed by atoms with Gasteiger partial charge in [-0.3, -0.25) is 0 Å². The van der Waals surface area contributed by atoms with E-state index in [-0.39, 0.29) is 0 Å². The Morgan fingerprint density at radius 1 is 1.29 bits per heavy atom. The monoisotopic (exact) mass is 240 g/mol. The highest BCUT2D eigenvalue weighted by Crippen LogP contribution is 2.45. The van der Waals surface area contributed by atoms with Crippen LogP contribution in [0.25, 0.3) is 0 Å². The van der Waals surface area contributed by atoms with Gasteiger partial charge in [0.15, 0.2) is 0 Å². The summed E-state index contributed by atoms with van der Waals surface area (Å²) in [6.45, 7) is 9.21. The zero-order chi connectivity index (χ0) is 12.7. The molecule has 1 fully saturated rings. The quantitative estimate of drug-likeness (QED) is 0.605. The molecule has 0 saturated heterocycles. The van der Waals surface area contributed by atoms with Crippen LogP contribution in [0.5, 0.6) is 0 Å². The van der Waals surface area contributed by atoms with Crippen LogP contribution in [0.15, 0.2) is 0 Å². The van der Waals surface area contributed by atoms with Crippen LogP contribution in [-0.2, 0) is 0 Å². The number of hydrogen-bond donors (Lipinski definition) is 2. The van der Waals surface area contributed by atoms with Gasteiger partial charge in [-0.05, 0) is 51.0 Å². The predicted molar refractivity (Wildman–Crippen MR) is 76.4 cm³/mol. The van der Waals surface area contributed by atoms with E-state index in [1.54, 1.807) is 0 Å². The maximum absolute atomic E-state index is 3.86. The van der Waals surface area contributed by atoms with Gasteiger partial charge in [-0.25, -0.2) is 0 Å². The molecule has 2 atom stereocenters. The van der Waals surface area contributed by atoms with Gasteiger partial charge in [0.25, 0.3) is 0 Å². The first-order valence-electron chi connectivity index (χ1n) is 7.54. The molecule has 0 aromatic rings. The van der Waals surface area contributed by atoms with Crippen LogP contribution in [-0.4, -0.2) is 25.7 Å². The molecule has 1 aliphatic rings. The molecule has 2 heteroatoms. The topological polar surface area (TPSA) is 24.1 Å². The Morgan fingerprint density at radius 2 is 2.06 bits per heavy atom. The van der Waals surface area contributed by atoms with E-state index in [0.29, 0.717) is 5.54 Å². The molecular formula is C15H32N2. The van der Waals surface area contributed by atoms with Crippen molar-refractivity contribution in [2.24, 2.45) is 11.8 Å². The first-order chi connectivity index (χ1) is 8.14. The molecule has 0 spiro atoms. The van der Waals surface area contributed by atoms with Gasteiger partial charge >= 0.3 is 0 Å². The summed E-state index contributed by atoms with van der Waals surface area (Å²) < 4.78 is 0. The molecule has 2 nitrogen and oxygen atoms in total. The minimum absolute atomic E-state index is 0.483. The summed E-state index contributed by atoms with van der Waals surface area (Å²) in [6.07, 6.45) is 8.32. The molecule has 2 N–H and O–H groups in total. The molecule has 0 bridgehead atoms. The second-order valence-corrected chi connectivity index (χ2v) is 6.14. The second-order valence-electron chi connectivity index (χ2n) is 6.14. The average Bonchev–Trinajstić information content (AvgIpc) is 2.29. The number of nitrogens with one attached hydrogen (secondary N) is 2. The molecular weight excluding hydrogens is 208 g/mol. The summed E-state index contributed by atoms with van der Waals surface area (Å²) in [5.74, 6) is 1.77. The Kier molecular flexibility index (Phi) is 6.50. The van der Waals surface area contributed by atoms with Crippen molar-refractivity contribution in [2.45, 2.75) is 64.8 Å². The predicted octanol–water partition coefficient (Wildman–Crippen LogP) is 3.18. The van der Waals surface area contributed by atoms with E-state index in [9.17, 15) is 0 Å². The summed E-state index contributed by atoms with van der Waals surface area (Å²) in [6, 6.07) is 0. The Labute approximate surface area is 108 Å². The van der Waals surface area contributed by atoms with Gasteiger partial charge in [-0.2, -0.15) is 0 Å². The largest absolute Gasteiger partial charge is 0.318 e. The molecule has 1 rings (SSSR count). The minimum Gasteiger partial charge on any atom is -0.318 e. The van der Waals surface area contributed by atoms with Crippen molar-refractivity contribution >= 4 is 0 Å². The normalized spacial score (nSPS) is 28.4. The van der Waals surface area contributed by atoms with Gasteiger partial charge in [0.05, 0.1) is 0 Å². The standard InChI is InChI=1S/C15H32N2/c1-5-6-14-8-10-15(14,9-7-13(2)3)17-12-11-16-4/h13-14,16-17H,5-12H2,1-4H3. The van der Waals surface area contributed by atoms with Crippen molar-refractivity contribution < 1.29 is 0 Å². The van der Waals surface area contributed by atoms with Crippen LogP contribution in [0.2, 0.25) is 0 Å². The zero-order valence-electron chi connectivity index (χ0n) is 12.3. The van der Waals surface area contributed by atoms with Gasteiger partial charge in [-0.1, -0.05) is 27.2 Å². The maximum Gasteiger partial charge on any atom is 0.0210 e. The van der Waals surface area contributed by atoms with E-state index in [1.165, 1.54) is 38.5 Å². The maximum atomic E-state index is 3.86. The van der Waals surface area contributed by atoms with Crippen LogP contribution in [0.1, 0.15) is 59.3 Å². The third-order valence-electron chi connectivity index (χ3n) is 4.38. The van der Waals surface area contributed by atoms with Crippen LogP contribution in [0, 0.1) is 11.8 Å². The lowest BCUT2D eigenvalue weighted by Gasteiger charge is -2.51. The molecule has 102 valence electrons. The van der Waals surface area contributed by atoms with Crippen molar-refractivity contribution in [1.29, 1.82) is 0 Å². The van der Waals surface area contributed by atoms with E-state index >= 15 is 0 Å². The molecule has 0 heterocycles. The average molecular weight is 240 g/mol. The molecule has 17 heavy (non-hydrogen) atoms. The Balaban J connectivity index is 2.45. The highest BCUT2D eigenvalue weighted by atomic mass is 15.0. The van der Waals surface area contributed by atoms with E-state index in [1.807, 2.05) is 7.05 Å². The fourth-order valence-electron chi connectivity index (χ4n) is 3.10. The van der Waals surface area contributed by atoms with Crippen molar-refractivity contribution in [3.63, 3.8) is 0 Å². The first kappa shape index (κ1) is 15.0. The molecule has 0 aromatic heterocycles. The molecule has 0 aliphatic heterocycles. The van der Waals surface area contributed by atoms with Crippen molar-refractivity contribution in [3.8, 4) is 0 Å². The zero-order valence-corrected chi connectivity index (χ0v) is 12.3. The fraction of sp³-hybridized carbons (Fsp3) is 1.00. The summed E-state index contributed by atoms with van der Waals surface area (Å²) in [4.78, 5) is 0. The summed E-state index contributed by atoms with van der Waals surface area (Å²) in [5, 5.41) is 7.10. The molecule has 0 aromatic carbocycles. The number of rotatable bonds is 9. The van der Waals surface area contributed by atoms with Gasteiger partial charge < -0.3 is 10.6 Å². The third-order valence-corrected chi connectivity index (χ3v) is 4.38. The Morgan fingerprint density at radius 3 is 2.53 bits per heavy atom. The van der Waals surface area contributed by atoms with Gasteiger partial charge in [0.2, 0.25) is 0 Å². The second kappa shape index (κ2) is 7.38. The molecule has 1 saturated carbocycles. The van der Waals surface area contributed by atoms with Crippen LogP contribution in [0.3, 0.4) is 0 Å². The summed E-state index contributed by atoms with van der Waals surface area (Å²) in [5.41, 5.74) is 0.483. The highest BCUT2D eigenvalue weighted by molar-refractivity contribution is 5.02. The van der Waals surface area contributed by atoms with Gasteiger partial charge in [0.1, 0.15) is 0 Å². The minimum atomic E-state index is 0.483. The van der Waals surface area contributed by atoms with Crippen LogP contribution >= 0.6 is 0 Å².